The van der Waals surface area contributed by atoms with Crippen molar-refractivity contribution < 1.29 is 9.53 Å². The topological polar surface area (TPSA) is 90.1 Å². The van der Waals surface area contributed by atoms with Gasteiger partial charge in [-0.15, -0.1) is 0 Å². The van der Waals surface area contributed by atoms with Crippen molar-refractivity contribution in [2.75, 3.05) is 18.2 Å². The number of methoxy groups -OCH3 is 1. The number of hydrogen-bond acceptors (Lipinski definition) is 5. The normalized spacial score (nSPS) is 10.2. The summed E-state index contributed by atoms with van der Waals surface area (Å²) >= 11 is 11.4. The number of hydrogen-bond donors (Lipinski definition) is 2. The largest absolute Gasteiger partial charge is 0.497 e. The molecule has 0 saturated heterocycles. The molecule has 0 aliphatic rings. The number of nitrogens with zero attached hydrogens (tertiary/aromatic N) is 2. The number of carbonyl (C=O) groups is 1. The van der Waals surface area contributed by atoms with Crippen molar-refractivity contribution >= 4 is 40.6 Å². The van der Waals surface area contributed by atoms with Crippen LogP contribution >= 0.6 is 23.2 Å². The molecule has 0 fully saturated rings. The van der Waals surface area contributed by atoms with Crippen molar-refractivity contribution in [1.29, 1.82) is 0 Å². The Morgan fingerprint density at radius 1 is 1.30 bits per heavy atom. The van der Waals surface area contributed by atoms with Gasteiger partial charge in [-0.25, -0.2) is 9.97 Å². The Balaban J connectivity index is 2.23. The monoisotopic (exact) mass is 312 g/mol. The average Bonchev–Trinajstić information content (AvgIpc) is 2.36. The van der Waals surface area contributed by atoms with Gasteiger partial charge in [0.2, 0.25) is 5.28 Å². The lowest BCUT2D eigenvalue weighted by Gasteiger charge is -2.08. The summed E-state index contributed by atoms with van der Waals surface area (Å²) in [5.41, 5.74) is 6.36. The molecule has 1 aromatic heterocycles. The van der Waals surface area contributed by atoms with Crippen LogP contribution in [0.3, 0.4) is 0 Å². The van der Waals surface area contributed by atoms with Crippen molar-refractivity contribution in [3.05, 3.63) is 40.3 Å². The van der Waals surface area contributed by atoms with Crippen LogP contribution in [0.1, 0.15) is 10.4 Å². The molecule has 0 unspecified atom stereocenters. The van der Waals surface area contributed by atoms with Crippen molar-refractivity contribution in [2.45, 2.75) is 0 Å². The van der Waals surface area contributed by atoms with Crippen LogP contribution in [0.15, 0.2) is 24.3 Å². The number of nitrogen functional groups attached to an aromatic ring is 1. The SMILES string of the molecule is COc1ccc(C(=O)Nc2cc(Cl)nc(Cl)n2)c(N)c1. The zero-order chi connectivity index (χ0) is 14.7. The van der Waals surface area contributed by atoms with E-state index in [0.717, 1.165) is 0 Å². The molecule has 8 heteroatoms. The van der Waals surface area contributed by atoms with Crippen LogP contribution in [0.4, 0.5) is 11.5 Å². The fourth-order valence-corrected chi connectivity index (χ4v) is 1.92. The minimum absolute atomic E-state index is 0.0597. The number of rotatable bonds is 3. The van der Waals surface area contributed by atoms with E-state index in [1.165, 1.54) is 13.2 Å². The predicted molar refractivity (Wildman–Crippen MR) is 77.4 cm³/mol. The molecule has 0 aliphatic carbocycles. The fraction of sp³-hybridized carbons (Fsp3) is 0.0833. The van der Waals surface area contributed by atoms with Crippen LogP contribution in [0.25, 0.3) is 0 Å². The molecule has 6 nitrogen and oxygen atoms in total. The minimum Gasteiger partial charge on any atom is -0.497 e. The molecule has 1 amide bonds. The maximum absolute atomic E-state index is 12.1. The van der Waals surface area contributed by atoms with Gasteiger partial charge < -0.3 is 15.8 Å². The Morgan fingerprint density at radius 2 is 2.05 bits per heavy atom. The Kier molecular flexibility index (Phi) is 4.26. The van der Waals surface area contributed by atoms with Crippen molar-refractivity contribution in [2.24, 2.45) is 0 Å². The molecule has 0 spiro atoms. The standard InChI is InChI=1S/C12H10Cl2N4O2/c1-20-6-2-3-7(8(15)4-6)11(19)17-10-5-9(13)16-12(14)18-10/h2-5H,15H2,1H3,(H,16,17,18,19). The maximum Gasteiger partial charge on any atom is 0.258 e. The van der Waals surface area contributed by atoms with Gasteiger partial charge in [-0.1, -0.05) is 11.6 Å². The average molecular weight is 313 g/mol. The summed E-state index contributed by atoms with van der Waals surface area (Å²) in [5.74, 6) is 0.318. The van der Waals surface area contributed by atoms with E-state index in [4.69, 9.17) is 33.7 Å². The highest BCUT2D eigenvalue weighted by Crippen LogP contribution is 2.21. The summed E-state index contributed by atoms with van der Waals surface area (Å²) in [6, 6.07) is 6.11. The first kappa shape index (κ1) is 14.4. The number of amides is 1. The molecule has 0 bridgehead atoms. The number of carbonyl (C=O) groups excluding carboxylic acids is 1. The summed E-state index contributed by atoms with van der Waals surface area (Å²) in [7, 11) is 1.51. The third-order valence-electron chi connectivity index (χ3n) is 2.41. The summed E-state index contributed by atoms with van der Waals surface area (Å²) in [6.07, 6.45) is 0. The number of ether oxygens (including phenoxy) is 1. The number of anilines is 2. The second kappa shape index (κ2) is 5.94. The molecule has 0 aliphatic heterocycles. The van der Waals surface area contributed by atoms with Crippen molar-refractivity contribution in [3.8, 4) is 5.75 Å². The second-order valence-corrected chi connectivity index (χ2v) is 4.48. The third-order valence-corrected chi connectivity index (χ3v) is 2.78. The van der Waals surface area contributed by atoms with Crippen molar-refractivity contribution in [1.82, 2.24) is 9.97 Å². The molecule has 2 rings (SSSR count). The van der Waals surface area contributed by atoms with Crippen LogP contribution in [0.2, 0.25) is 10.4 Å². The first-order valence-electron chi connectivity index (χ1n) is 5.44. The highest BCUT2D eigenvalue weighted by atomic mass is 35.5. The molecule has 0 radical (unpaired) electrons. The Bertz CT molecular complexity index is 644. The Morgan fingerprint density at radius 3 is 2.65 bits per heavy atom. The molecule has 104 valence electrons. The van der Waals surface area contributed by atoms with Gasteiger partial charge in [0.1, 0.15) is 16.7 Å². The first-order valence-corrected chi connectivity index (χ1v) is 6.20. The maximum atomic E-state index is 12.1. The van der Waals surface area contributed by atoms with Gasteiger partial charge in [0.15, 0.2) is 0 Å². The molecule has 0 saturated carbocycles. The van der Waals surface area contributed by atoms with E-state index < -0.39 is 5.91 Å². The van der Waals surface area contributed by atoms with E-state index in [-0.39, 0.29) is 27.5 Å². The number of nitrogens with one attached hydrogen (secondary N) is 1. The zero-order valence-electron chi connectivity index (χ0n) is 10.4. The minimum atomic E-state index is -0.434. The molecule has 1 heterocycles. The quantitative estimate of drug-likeness (QED) is 0.516. The third kappa shape index (κ3) is 3.28. The van der Waals surface area contributed by atoms with Crippen LogP contribution in [0, 0.1) is 0 Å². The molecular formula is C12H10Cl2N4O2. The molecular weight excluding hydrogens is 303 g/mol. The lowest BCUT2D eigenvalue weighted by molar-refractivity contribution is 0.102. The van der Waals surface area contributed by atoms with E-state index in [2.05, 4.69) is 15.3 Å². The van der Waals surface area contributed by atoms with Gasteiger partial charge in [-0.05, 0) is 23.7 Å². The lowest BCUT2D eigenvalue weighted by atomic mass is 10.1. The van der Waals surface area contributed by atoms with Gasteiger partial charge in [-0.3, -0.25) is 4.79 Å². The summed E-state index contributed by atoms with van der Waals surface area (Å²) in [6.45, 7) is 0. The van der Waals surface area contributed by atoms with E-state index in [0.29, 0.717) is 5.75 Å². The number of aromatic nitrogens is 2. The Labute approximate surface area is 124 Å². The van der Waals surface area contributed by atoms with Crippen LogP contribution in [-0.2, 0) is 0 Å². The van der Waals surface area contributed by atoms with E-state index in [1.54, 1.807) is 18.2 Å². The number of nitrogens with two attached hydrogens (primary N) is 1. The van der Waals surface area contributed by atoms with Gasteiger partial charge >= 0.3 is 0 Å². The summed E-state index contributed by atoms with van der Waals surface area (Å²) < 4.78 is 5.01. The Hall–Kier alpha value is -2.05. The smallest absolute Gasteiger partial charge is 0.258 e. The van der Waals surface area contributed by atoms with Crippen molar-refractivity contribution in [3.63, 3.8) is 0 Å². The highest BCUT2D eigenvalue weighted by Gasteiger charge is 2.12. The molecule has 20 heavy (non-hydrogen) atoms. The van der Waals surface area contributed by atoms with Crippen LogP contribution in [-0.4, -0.2) is 23.0 Å². The highest BCUT2D eigenvalue weighted by molar-refractivity contribution is 6.32. The molecule has 0 atom stereocenters. The van der Waals surface area contributed by atoms with E-state index in [9.17, 15) is 4.79 Å². The van der Waals surface area contributed by atoms with Crippen LogP contribution < -0.4 is 15.8 Å². The second-order valence-electron chi connectivity index (χ2n) is 3.75. The van der Waals surface area contributed by atoms with Crippen LogP contribution in [0.5, 0.6) is 5.75 Å². The number of halogens is 2. The predicted octanol–water partition coefficient (Wildman–Crippen LogP) is 2.63. The lowest BCUT2D eigenvalue weighted by Crippen LogP contribution is -2.15. The summed E-state index contributed by atoms with van der Waals surface area (Å²) in [5, 5.41) is 2.61. The zero-order valence-corrected chi connectivity index (χ0v) is 11.9. The molecule has 1 aromatic carbocycles. The number of benzene rings is 1. The fourth-order valence-electron chi connectivity index (χ4n) is 1.51. The van der Waals surface area contributed by atoms with E-state index in [1.807, 2.05) is 0 Å². The molecule has 2 aromatic rings. The molecule has 3 N–H and O–H groups in total. The van der Waals surface area contributed by atoms with Gasteiger partial charge in [0, 0.05) is 17.8 Å². The van der Waals surface area contributed by atoms with Gasteiger partial charge in [-0.2, -0.15) is 0 Å². The van der Waals surface area contributed by atoms with E-state index >= 15 is 0 Å². The van der Waals surface area contributed by atoms with Gasteiger partial charge in [0.05, 0.1) is 12.7 Å². The van der Waals surface area contributed by atoms with Gasteiger partial charge in [0.25, 0.3) is 5.91 Å². The first-order chi connectivity index (χ1) is 9.49. The summed E-state index contributed by atoms with van der Waals surface area (Å²) in [4.78, 5) is 19.6.